The Morgan fingerprint density at radius 1 is 0.720 bits per heavy atom. The van der Waals surface area contributed by atoms with Gasteiger partial charge in [0.25, 0.3) is 5.91 Å². The first-order valence-electron chi connectivity index (χ1n) is 16.7. The molecule has 5 atom stereocenters. The Bertz CT molecular complexity index is 1310. The summed E-state index contributed by atoms with van der Waals surface area (Å²) >= 11 is 0. The van der Waals surface area contributed by atoms with Crippen molar-refractivity contribution in [3.8, 4) is 0 Å². The fourth-order valence-electron chi connectivity index (χ4n) is 6.00. The van der Waals surface area contributed by atoms with Gasteiger partial charge in [-0.2, -0.15) is 5.90 Å². The Morgan fingerprint density at radius 2 is 1.24 bits per heavy atom. The summed E-state index contributed by atoms with van der Waals surface area (Å²) in [4.78, 5) is 129. The molecule has 19 heteroatoms. The monoisotopic (exact) mass is 708 g/mol. The molecule has 6 N–H and O–H groups in total. The highest BCUT2D eigenvalue weighted by Crippen LogP contribution is 2.19. The van der Waals surface area contributed by atoms with Gasteiger partial charge in [-0.25, -0.2) is 0 Å². The molecule has 7 amide bonds. The average Bonchev–Trinajstić information content (AvgIpc) is 3.78. The Kier molecular flexibility index (Phi) is 17.1. The number of nitrogens with one attached hydrogen (secondary N) is 4. The third-order valence-electron chi connectivity index (χ3n) is 8.73. The van der Waals surface area contributed by atoms with Crippen LogP contribution in [-0.4, -0.2) is 113 Å². The van der Waals surface area contributed by atoms with Crippen LogP contribution in [0.5, 0.6) is 0 Å². The van der Waals surface area contributed by atoms with Crippen molar-refractivity contribution in [2.75, 3.05) is 19.6 Å². The fraction of sp³-hybridized carbons (Fsp3) is 0.710. The average molecular weight is 709 g/mol. The van der Waals surface area contributed by atoms with Crippen molar-refractivity contribution < 1.29 is 48.0 Å². The maximum Gasteiger partial charge on any atom is 0.324 e. The molecule has 2 rings (SSSR count). The van der Waals surface area contributed by atoms with Gasteiger partial charge in [0.1, 0.15) is 24.2 Å². The van der Waals surface area contributed by atoms with E-state index in [0.29, 0.717) is 51.6 Å². The van der Waals surface area contributed by atoms with Gasteiger partial charge in [-0.05, 0) is 64.7 Å². The van der Waals surface area contributed by atoms with Crippen LogP contribution in [-0.2, 0) is 48.0 Å². The highest BCUT2D eigenvalue weighted by molar-refractivity contribution is 5.95. The third-order valence-corrected chi connectivity index (χ3v) is 8.73. The Labute approximate surface area is 289 Å². The zero-order chi connectivity index (χ0) is 37.4. The number of rotatable bonds is 19. The summed E-state index contributed by atoms with van der Waals surface area (Å²) in [5.41, 5.74) is 0. The predicted octanol–water partition coefficient (Wildman–Crippen LogP) is -1.39. The van der Waals surface area contributed by atoms with Gasteiger partial charge in [0.15, 0.2) is 5.78 Å². The van der Waals surface area contributed by atoms with Crippen LogP contribution >= 0.6 is 0 Å². The number of hydrogen-bond acceptors (Lipinski definition) is 12. The van der Waals surface area contributed by atoms with E-state index in [-0.39, 0.29) is 44.0 Å². The van der Waals surface area contributed by atoms with Crippen LogP contribution in [0.1, 0.15) is 91.4 Å². The second-order valence-corrected chi connectivity index (χ2v) is 12.4. The summed E-state index contributed by atoms with van der Waals surface area (Å²) in [6.07, 6.45) is 1.81. The van der Waals surface area contributed by atoms with Crippen molar-refractivity contribution >= 4 is 53.1 Å². The summed E-state index contributed by atoms with van der Waals surface area (Å²) in [5.74, 6) is -0.368. The standard InChI is InChI=1S/C31H48N8O11/c1-18(40)21(34-29(46)23(11-13-26(43)37-49)36-31(48)25-10-7-17-39(25)20(3)42)8-4-5-15-33-28(45)22(12-14-27(44)50-32)35-30(47)24-9-6-16-38(24)19(2)41/h21-25H,4-17,32H2,1-3H3,(H,33,45)(H,34,46)(H,35,47)(H,36,48). The fourth-order valence-corrected chi connectivity index (χ4v) is 6.00. The molecule has 50 heavy (non-hydrogen) atoms. The number of Topliss-reactive ketones (excluding diaryl/α,β-unsaturated/α-hetero) is 1. The van der Waals surface area contributed by atoms with Gasteiger partial charge in [-0.3, -0.25) is 43.2 Å². The topological polar surface area (TPSA) is 273 Å². The maximum absolute atomic E-state index is 13.2. The first-order chi connectivity index (χ1) is 23.7. The predicted molar refractivity (Wildman–Crippen MR) is 174 cm³/mol. The first kappa shape index (κ1) is 41.4. The summed E-state index contributed by atoms with van der Waals surface area (Å²) in [6, 6.07) is -4.94. The van der Waals surface area contributed by atoms with E-state index in [1.807, 2.05) is 0 Å². The summed E-state index contributed by atoms with van der Waals surface area (Å²) in [5, 5.41) is 12.7. The molecule has 2 aliphatic heterocycles. The van der Waals surface area contributed by atoms with E-state index < -0.39 is 77.9 Å². The number of nitrogens with zero attached hydrogens (tertiary/aromatic N) is 3. The van der Waals surface area contributed by atoms with E-state index in [1.54, 1.807) is 0 Å². The van der Waals surface area contributed by atoms with Crippen LogP contribution in [0.25, 0.3) is 0 Å². The molecular weight excluding hydrogens is 660 g/mol. The number of carbonyl (C=O) groups excluding carboxylic acids is 9. The van der Waals surface area contributed by atoms with Crippen LogP contribution < -0.4 is 27.2 Å². The van der Waals surface area contributed by atoms with E-state index in [0.717, 1.165) is 0 Å². The highest BCUT2D eigenvalue weighted by Gasteiger charge is 2.36. The zero-order valence-electron chi connectivity index (χ0n) is 28.7. The lowest BCUT2D eigenvalue weighted by atomic mass is 10.0. The molecule has 2 saturated heterocycles. The smallest absolute Gasteiger partial charge is 0.324 e. The zero-order valence-corrected chi connectivity index (χ0v) is 28.7. The van der Waals surface area contributed by atoms with Crippen molar-refractivity contribution in [1.82, 2.24) is 31.1 Å². The number of hydrogen-bond donors (Lipinski definition) is 5. The highest BCUT2D eigenvalue weighted by atomic mass is 16.7. The van der Waals surface area contributed by atoms with Crippen molar-refractivity contribution in [1.29, 1.82) is 0 Å². The molecule has 0 radical (unpaired) electrons. The lowest BCUT2D eigenvalue weighted by Crippen LogP contribution is -2.55. The molecule has 0 aromatic rings. The summed E-state index contributed by atoms with van der Waals surface area (Å²) < 4.78 is 0. The molecule has 0 aromatic heterocycles. The van der Waals surface area contributed by atoms with Crippen LogP contribution in [0.15, 0.2) is 5.18 Å². The molecule has 5 unspecified atom stereocenters. The second kappa shape index (κ2) is 20.6. The van der Waals surface area contributed by atoms with E-state index in [2.05, 4.69) is 31.3 Å². The molecule has 0 aliphatic carbocycles. The largest absolute Gasteiger partial charge is 0.373 e. The Morgan fingerprint density at radius 3 is 1.72 bits per heavy atom. The molecule has 0 bridgehead atoms. The van der Waals surface area contributed by atoms with Crippen LogP contribution in [0.3, 0.4) is 0 Å². The first-order valence-corrected chi connectivity index (χ1v) is 16.7. The van der Waals surface area contributed by atoms with Gasteiger partial charge in [0, 0.05) is 51.5 Å². The van der Waals surface area contributed by atoms with E-state index in [1.165, 1.54) is 30.6 Å². The van der Waals surface area contributed by atoms with Gasteiger partial charge in [-0.15, -0.1) is 4.91 Å². The van der Waals surface area contributed by atoms with Gasteiger partial charge in [0.05, 0.1) is 6.04 Å². The Hall–Kier alpha value is -4.81. The van der Waals surface area contributed by atoms with Gasteiger partial charge < -0.3 is 35.9 Å². The number of ketones is 1. The van der Waals surface area contributed by atoms with Crippen molar-refractivity contribution in [3.05, 3.63) is 4.91 Å². The molecule has 19 nitrogen and oxygen atoms in total. The number of carbonyl (C=O) groups is 9. The van der Waals surface area contributed by atoms with Gasteiger partial charge >= 0.3 is 5.97 Å². The van der Waals surface area contributed by atoms with E-state index in [9.17, 15) is 48.1 Å². The number of likely N-dealkylation sites (tertiary alicyclic amines) is 2. The molecule has 0 aromatic carbocycles. The number of nitroso groups, excluding NO2 is 1. The minimum Gasteiger partial charge on any atom is -0.373 e. The lowest BCUT2D eigenvalue weighted by Gasteiger charge is -2.26. The van der Waals surface area contributed by atoms with Crippen LogP contribution in [0.2, 0.25) is 0 Å². The number of unbranched alkanes of at least 4 members (excludes halogenated alkanes) is 1. The van der Waals surface area contributed by atoms with E-state index >= 15 is 0 Å². The molecule has 2 fully saturated rings. The minimum absolute atomic E-state index is 0.113. The molecule has 0 saturated carbocycles. The molecule has 2 heterocycles. The minimum atomic E-state index is -1.29. The third kappa shape index (κ3) is 12.9. The molecule has 0 spiro atoms. The van der Waals surface area contributed by atoms with E-state index in [4.69, 9.17) is 5.90 Å². The Balaban J connectivity index is 1.96. The summed E-state index contributed by atoms with van der Waals surface area (Å²) in [7, 11) is 0. The van der Waals surface area contributed by atoms with Crippen LogP contribution in [0, 0.1) is 4.91 Å². The number of nitrogens with two attached hydrogens (primary N) is 1. The van der Waals surface area contributed by atoms with Gasteiger partial charge in [-0.1, -0.05) is 0 Å². The second-order valence-electron chi connectivity index (χ2n) is 12.4. The lowest BCUT2D eigenvalue weighted by molar-refractivity contribution is -0.145. The van der Waals surface area contributed by atoms with Gasteiger partial charge in [0.2, 0.25) is 35.4 Å². The maximum atomic E-state index is 13.2. The molecule has 278 valence electrons. The summed E-state index contributed by atoms with van der Waals surface area (Å²) in [6.45, 7) is 4.85. The number of amides is 7. The van der Waals surface area contributed by atoms with Crippen molar-refractivity contribution in [2.45, 2.75) is 122 Å². The van der Waals surface area contributed by atoms with Crippen molar-refractivity contribution in [2.24, 2.45) is 11.1 Å². The quantitative estimate of drug-likeness (QED) is 0.0589. The van der Waals surface area contributed by atoms with Crippen LogP contribution in [0.4, 0.5) is 0 Å². The molecular formula is C31H48N8O11. The SMILES string of the molecule is CC(=O)C(CCCCNC(=O)C(CCC(=O)ON)NC(=O)C1CCCN1C(C)=O)NC(=O)C(CCC(=O)N=O)NC(=O)C1CCCN1C(C)=O. The normalized spacial score (nSPS) is 18.6. The van der Waals surface area contributed by atoms with Crippen molar-refractivity contribution in [3.63, 3.8) is 0 Å². The molecule has 2 aliphatic rings.